The van der Waals surface area contributed by atoms with Gasteiger partial charge in [-0.2, -0.15) is 0 Å². The van der Waals surface area contributed by atoms with Crippen LogP contribution in [0, 0.1) is 16.7 Å². The van der Waals surface area contributed by atoms with E-state index in [4.69, 9.17) is 0 Å². The quantitative estimate of drug-likeness (QED) is 0.661. The lowest BCUT2D eigenvalue weighted by Crippen LogP contribution is -2.53. The summed E-state index contributed by atoms with van der Waals surface area (Å²) in [5, 5.41) is 10.8. The van der Waals surface area contributed by atoms with Gasteiger partial charge < -0.3 is 5.11 Å². The van der Waals surface area contributed by atoms with Gasteiger partial charge in [0, 0.05) is 0 Å². The van der Waals surface area contributed by atoms with Crippen LogP contribution < -0.4 is 0 Å². The third-order valence-electron chi connectivity index (χ3n) is 5.34. The molecule has 0 radical (unpaired) electrons. The molecule has 2 aliphatic carbocycles. The van der Waals surface area contributed by atoms with E-state index in [1.807, 2.05) is 0 Å². The molecule has 0 aromatic heterocycles. The van der Waals surface area contributed by atoms with Gasteiger partial charge in [-0.25, -0.2) is 0 Å². The minimum Gasteiger partial charge on any atom is -0.389 e. The zero-order valence-electron chi connectivity index (χ0n) is 9.35. The Kier molecular flexibility index (Phi) is 1.69. The second-order valence-electron chi connectivity index (χ2n) is 5.94. The second kappa shape index (κ2) is 2.31. The summed E-state index contributed by atoms with van der Waals surface area (Å²) in [5.41, 5.74) is -0.0758. The highest BCUT2D eigenvalue weighted by atomic mass is 16.3. The van der Waals surface area contributed by atoms with Crippen molar-refractivity contribution in [1.82, 2.24) is 0 Å². The summed E-state index contributed by atoms with van der Waals surface area (Å²) in [4.78, 5) is 0. The van der Waals surface area contributed by atoms with E-state index in [1.165, 1.54) is 19.3 Å². The highest BCUT2D eigenvalue weighted by molar-refractivity contribution is 5.17. The summed E-state index contributed by atoms with van der Waals surface area (Å²) >= 11 is 0. The molecule has 2 unspecified atom stereocenters. The zero-order chi connectivity index (χ0) is 9.91. The fourth-order valence-corrected chi connectivity index (χ4v) is 4.23. The molecule has 2 bridgehead atoms. The standard InChI is InChI=1S/C12H22O/c1-5-12(13)10(2,3)9-6-7-11(12,4)8-9/h9,13H,5-8H2,1-4H3/t9?,11-,12?/m0/s1. The largest absolute Gasteiger partial charge is 0.389 e. The molecule has 1 N–H and O–H groups in total. The Hall–Kier alpha value is -0.0400. The van der Waals surface area contributed by atoms with Crippen LogP contribution in [0.5, 0.6) is 0 Å². The highest BCUT2D eigenvalue weighted by Gasteiger charge is 2.67. The van der Waals surface area contributed by atoms with E-state index < -0.39 is 5.60 Å². The first-order valence-corrected chi connectivity index (χ1v) is 5.60. The van der Waals surface area contributed by atoms with Crippen molar-refractivity contribution in [2.24, 2.45) is 16.7 Å². The van der Waals surface area contributed by atoms with E-state index >= 15 is 0 Å². The molecule has 0 saturated heterocycles. The number of rotatable bonds is 1. The second-order valence-corrected chi connectivity index (χ2v) is 5.94. The summed E-state index contributed by atoms with van der Waals surface area (Å²) in [6.45, 7) is 8.93. The fraction of sp³-hybridized carbons (Fsp3) is 1.00. The molecule has 2 fully saturated rings. The average molecular weight is 182 g/mol. The van der Waals surface area contributed by atoms with Gasteiger partial charge in [0.05, 0.1) is 5.60 Å². The molecular weight excluding hydrogens is 160 g/mol. The zero-order valence-corrected chi connectivity index (χ0v) is 9.35. The van der Waals surface area contributed by atoms with Crippen LogP contribution in [0.4, 0.5) is 0 Å². The van der Waals surface area contributed by atoms with Crippen molar-refractivity contribution < 1.29 is 5.11 Å². The Morgan fingerprint density at radius 1 is 1.31 bits per heavy atom. The molecule has 0 aromatic carbocycles. The molecule has 2 aliphatic rings. The first-order chi connectivity index (χ1) is 5.87. The molecule has 0 aliphatic heterocycles. The Morgan fingerprint density at radius 2 is 1.92 bits per heavy atom. The first-order valence-electron chi connectivity index (χ1n) is 5.60. The van der Waals surface area contributed by atoms with Gasteiger partial charge >= 0.3 is 0 Å². The van der Waals surface area contributed by atoms with Crippen LogP contribution in [0.1, 0.15) is 53.4 Å². The number of fused-ring (bicyclic) bond motifs is 2. The maximum absolute atomic E-state index is 10.8. The third-order valence-corrected chi connectivity index (χ3v) is 5.34. The molecule has 2 saturated carbocycles. The van der Waals surface area contributed by atoms with Crippen LogP contribution in [-0.2, 0) is 0 Å². The maximum Gasteiger partial charge on any atom is 0.0751 e. The van der Waals surface area contributed by atoms with E-state index in [2.05, 4.69) is 27.7 Å². The molecule has 76 valence electrons. The predicted octanol–water partition coefficient (Wildman–Crippen LogP) is 2.97. The highest BCUT2D eigenvalue weighted by Crippen LogP contribution is 2.68. The topological polar surface area (TPSA) is 20.2 Å². The van der Waals surface area contributed by atoms with E-state index in [-0.39, 0.29) is 10.8 Å². The third kappa shape index (κ3) is 0.823. The lowest BCUT2D eigenvalue weighted by molar-refractivity contribution is -0.144. The molecule has 1 nitrogen and oxygen atoms in total. The Morgan fingerprint density at radius 3 is 2.23 bits per heavy atom. The summed E-state index contributed by atoms with van der Waals surface area (Å²) < 4.78 is 0. The van der Waals surface area contributed by atoms with Gasteiger partial charge in [-0.1, -0.05) is 27.7 Å². The van der Waals surface area contributed by atoms with Gasteiger partial charge in [-0.3, -0.25) is 0 Å². The molecule has 1 heteroatoms. The molecule has 3 atom stereocenters. The molecule has 0 heterocycles. The lowest BCUT2D eigenvalue weighted by Gasteiger charge is -2.50. The number of aliphatic hydroxyl groups is 1. The number of hydrogen-bond acceptors (Lipinski definition) is 1. The average Bonchev–Trinajstić information content (AvgIpc) is 2.51. The van der Waals surface area contributed by atoms with E-state index in [9.17, 15) is 5.11 Å². The van der Waals surface area contributed by atoms with Crippen molar-refractivity contribution in [1.29, 1.82) is 0 Å². The fourth-order valence-electron chi connectivity index (χ4n) is 4.23. The Balaban J connectivity index is 2.45. The summed E-state index contributed by atoms with van der Waals surface area (Å²) in [6.07, 6.45) is 4.70. The van der Waals surface area contributed by atoms with Crippen molar-refractivity contribution in [2.75, 3.05) is 0 Å². The van der Waals surface area contributed by atoms with Crippen molar-refractivity contribution in [3.8, 4) is 0 Å². The molecule has 0 aromatic rings. The van der Waals surface area contributed by atoms with Crippen LogP contribution in [0.25, 0.3) is 0 Å². The summed E-state index contributed by atoms with van der Waals surface area (Å²) in [7, 11) is 0. The SMILES string of the molecule is CCC1(O)C(C)(C)C2CC[C@@]1(C)C2. The van der Waals surface area contributed by atoms with Gasteiger partial charge in [-0.05, 0) is 42.4 Å². The van der Waals surface area contributed by atoms with Crippen LogP contribution in [0.3, 0.4) is 0 Å². The van der Waals surface area contributed by atoms with Crippen molar-refractivity contribution >= 4 is 0 Å². The molecule has 2 rings (SSSR count). The van der Waals surface area contributed by atoms with Gasteiger partial charge in [-0.15, -0.1) is 0 Å². The first kappa shape index (κ1) is 9.51. The van der Waals surface area contributed by atoms with Crippen molar-refractivity contribution in [3.05, 3.63) is 0 Å². The van der Waals surface area contributed by atoms with Gasteiger partial charge in [0.2, 0.25) is 0 Å². The molecule has 0 spiro atoms. The van der Waals surface area contributed by atoms with Crippen LogP contribution in [0.15, 0.2) is 0 Å². The molecular formula is C12H22O. The minimum atomic E-state index is -0.414. The van der Waals surface area contributed by atoms with E-state index in [1.54, 1.807) is 0 Å². The summed E-state index contributed by atoms with van der Waals surface area (Å²) in [5.74, 6) is 0.752. The van der Waals surface area contributed by atoms with Gasteiger partial charge in [0.25, 0.3) is 0 Å². The predicted molar refractivity (Wildman–Crippen MR) is 54.5 cm³/mol. The lowest BCUT2D eigenvalue weighted by atomic mass is 9.59. The molecule has 0 amide bonds. The smallest absolute Gasteiger partial charge is 0.0751 e. The molecule has 13 heavy (non-hydrogen) atoms. The van der Waals surface area contributed by atoms with Crippen molar-refractivity contribution in [2.45, 2.75) is 59.0 Å². The Bertz CT molecular complexity index is 227. The van der Waals surface area contributed by atoms with Gasteiger partial charge in [0.15, 0.2) is 0 Å². The van der Waals surface area contributed by atoms with E-state index in [0.29, 0.717) is 0 Å². The normalized spacial score (nSPS) is 52.8. The Labute approximate surface area is 81.5 Å². The number of hydrogen-bond donors (Lipinski definition) is 1. The van der Waals surface area contributed by atoms with Crippen molar-refractivity contribution in [3.63, 3.8) is 0 Å². The maximum atomic E-state index is 10.8. The van der Waals surface area contributed by atoms with Crippen LogP contribution in [0.2, 0.25) is 0 Å². The monoisotopic (exact) mass is 182 g/mol. The van der Waals surface area contributed by atoms with Crippen LogP contribution >= 0.6 is 0 Å². The van der Waals surface area contributed by atoms with Crippen LogP contribution in [-0.4, -0.2) is 10.7 Å². The summed E-state index contributed by atoms with van der Waals surface area (Å²) in [6, 6.07) is 0. The van der Waals surface area contributed by atoms with E-state index in [0.717, 1.165) is 12.3 Å². The minimum absolute atomic E-state index is 0.134. The van der Waals surface area contributed by atoms with Gasteiger partial charge in [0.1, 0.15) is 0 Å².